The van der Waals surface area contributed by atoms with Gasteiger partial charge in [-0.3, -0.25) is 4.72 Å². The number of ether oxygens (including phenoxy) is 1. The number of carboxylic acid groups (broad SMARTS) is 1. The number of benzene rings is 1. The van der Waals surface area contributed by atoms with Crippen LogP contribution in [0.15, 0.2) is 18.2 Å². The van der Waals surface area contributed by atoms with Crippen LogP contribution in [0.25, 0.3) is 0 Å². The van der Waals surface area contributed by atoms with Crippen molar-refractivity contribution in [2.45, 2.75) is 18.9 Å². The van der Waals surface area contributed by atoms with E-state index in [2.05, 4.69) is 4.72 Å². The molecule has 2 rings (SSSR count). The van der Waals surface area contributed by atoms with Gasteiger partial charge in [0.2, 0.25) is 10.0 Å². The molecule has 8 heteroatoms. The van der Waals surface area contributed by atoms with E-state index in [9.17, 15) is 18.3 Å². The Labute approximate surface area is 116 Å². The van der Waals surface area contributed by atoms with Crippen LogP contribution < -0.4 is 4.72 Å². The van der Waals surface area contributed by atoms with E-state index >= 15 is 0 Å². The number of hydrogen-bond donors (Lipinski definition) is 3. The highest BCUT2D eigenvalue weighted by molar-refractivity contribution is 7.92. The van der Waals surface area contributed by atoms with Gasteiger partial charge in [0.1, 0.15) is 11.3 Å². The topological polar surface area (TPSA) is 113 Å². The van der Waals surface area contributed by atoms with Gasteiger partial charge in [0.25, 0.3) is 0 Å². The second-order valence-corrected chi connectivity index (χ2v) is 6.32. The van der Waals surface area contributed by atoms with E-state index in [4.69, 9.17) is 9.84 Å². The van der Waals surface area contributed by atoms with Crippen LogP contribution in [0.1, 0.15) is 23.2 Å². The van der Waals surface area contributed by atoms with Gasteiger partial charge in [-0.15, -0.1) is 0 Å². The lowest BCUT2D eigenvalue weighted by molar-refractivity contribution is 0.0693. The van der Waals surface area contributed by atoms with Crippen molar-refractivity contribution in [1.82, 2.24) is 0 Å². The van der Waals surface area contributed by atoms with E-state index in [1.807, 2.05) is 0 Å². The molecule has 0 bridgehead atoms. The summed E-state index contributed by atoms with van der Waals surface area (Å²) in [5.74, 6) is -1.92. The molecule has 1 aromatic rings. The average Bonchev–Trinajstić information content (AvgIpc) is 2.82. The minimum absolute atomic E-state index is 0.0956. The maximum atomic E-state index is 11.9. The third kappa shape index (κ3) is 3.61. The third-order valence-electron chi connectivity index (χ3n) is 2.93. The smallest absolute Gasteiger partial charge is 0.339 e. The van der Waals surface area contributed by atoms with Crippen molar-refractivity contribution in [3.8, 4) is 5.75 Å². The van der Waals surface area contributed by atoms with Crippen molar-refractivity contribution in [1.29, 1.82) is 0 Å². The van der Waals surface area contributed by atoms with Crippen LogP contribution >= 0.6 is 0 Å². The van der Waals surface area contributed by atoms with Crippen molar-refractivity contribution in [3.05, 3.63) is 23.8 Å². The summed E-state index contributed by atoms with van der Waals surface area (Å²) >= 11 is 0. The fourth-order valence-electron chi connectivity index (χ4n) is 2.01. The highest BCUT2D eigenvalue weighted by atomic mass is 32.2. The van der Waals surface area contributed by atoms with Gasteiger partial charge in [-0.25, -0.2) is 13.2 Å². The Morgan fingerprint density at radius 2 is 2.20 bits per heavy atom. The van der Waals surface area contributed by atoms with Gasteiger partial charge in [0.15, 0.2) is 0 Å². The SMILES string of the molecule is O=C(O)c1cc(NS(=O)(=O)CC2CCCO2)ccc1O. The van der Waals surface area contributed by atoms with Crippen LogP contribution in [-0.2, 0) is 14.8 Å². The zero-order valence-electron chi connectivity index (χ0n) is 10.6. The Hall–Kier alpha value is -1.80. The number of rotatable bonds is 5. The van der Waals surface area contributed by atoms with E-state index in [1.165, 1.54) is 6.07 Å². The number of nitrogens with one attached hydrogen (secondary N) is 1. The molecule has 20 heavy (non-hydrogen) atoms. The summed E-state index contributed by atoms with van der Waals surface area (Å²) in [6.07, 6.45) is 1.20. The number of phenols is 1. The van der Waals surface area contributed by atoms with Gasteiger partial charge in [-0.05, 0) is 31.0 Å². The summed E-state index contributed by atoms with van der Waals surface area (Å²) in [6.45, 7) is 0.558. The lowest BCUT2D eigenvalue weighted by atomic mass is 10.2. The van der Waals surface area contributed by atoms with Crippen LogP contribution in [0.2, 0.25) is 0 Å². The molecule has 0 radical (unpaired) electrons. The zero-order valence-corrected chi connectivity index (χ0v) is 11.4. The molecule has 3 N–H and O–H groups in total. The van der Waals surface area contributed by atoms with Crippen molar-refractivity contribution in [3.63, 3.8) is 0 Å². The van der Waals surface area contributed by atoms with Crippen LogP contribution in [0.5, 0.6) is 5.75 Å². The van der Waals surface area contributed by atoms with Crippen LogP contribution in [-0.4, -0.2) is 43.1 Å². The number of carbonyl (C=O) groups is 1. The maximum absolute atomic E-state index is 11.9. The third-order valence-corrected chi connectivity index (χ3v) is 4.29. The highest BCUT2D eigenvalue weighted by Gasteiger charge is 2.23. The Bertz CT molecular complexity index is 606. The molecular weight excluding hydrogens is 286 g/mol. The molecule has 1 heterocycles. The minimum atomic E-state index is -3.62. The Kier molecular flexibility index (Phi) is 4.15. The normalized spacial score (nSPS) is 18.9. The molecule has 1 saturated heterocycles. The fourth-order valence-corrected chi connectivity index (χ4v) is 3.33. The second-order valence-electron chi connectivity index (χ2n) is 4.56. The standard InChI is InChI=1S/C12H15NO6S/c14-11-4-3-8(6-10(11)12(15)16)13-20(17,18)7-9-2-1-5-19-9/h3-4,6,9,13-14H,1-2,5,7H2,(H,15,16). The molecule has 1 atom stereocenters. The van der Waals surface area contributed by atoms with Crippen LogP contribution in [0.4, 0.5) is 5.69 Å². The molecule has 0 spiro atoms. The van der Waals surface area contributed by atoms with Gasteiger partial charge in [0, 0.05) is 12.3 Å². The first-order valence-corrected chi connectivity index (χ1v) is 7.71. The molecule has 0 amide bonds. The number of aromatic hydroxyl groups is 1. The van der Waals surface area contributed by atoms with Crippen molar-refractivity contribution >= 4 is 21.7 Å². The molecule has 110 valence electrons. The first-order valence-electron chi connectivity index (χ1n) is 6.06. The predicted molar refractivity (Wildman–Crippen MR) is 71.4 cm³/mol. The van der Waals surface area contributed by atoms with Gasteiger partial charge >= 0.3 is 5.97 Å². The summed E-state index contributed by atoms with van der Waals surface area (Å²) < 4.78 is 31.4. The van der Waals surface area contributed by atoms with Crippen molar-refractivity contribution < 1.29 is 28.2 Å². The number of hydrogen-bond acceptors (Lipinski definition) is 5. The van der Waals surface area contributed by atoms with E-state index < -0.39 is 21.7 Å². The Morgan fingerprint density at radius 3 is 2.80 bits per heavy atom. The molecule has 1 aliphatic rings. The summed E-state index contributed by atoms with van der Waals surface area (Å²) in [4.78, 5) is 10.9. The van der Waals surface area contributed by atoms with Crippen LogP contribution in [0, 0.1) is 0 Å². The average molecular weight is 301 g/mol. The van der Waals surface area contributed by atoms with Gasteiger partial charge in [-0.2, -0.15) is 0 Å². The lowest BCUT2D eigenvalue weighted by Crippen LogP contribution is -2.25. The van der Waals surface area contributed by atoms with Crippen LogP contribution in [0.3, 0.4) is 0 Å². The predicted octanol–water partition coefficient (Wildman–Crippen LogP) is 1.01. The Balaban J connectivity index is 2.12. The number of anilines is 1. The summed E-state index contributed by atoms with van der Waals surface area (Å²) in [6, 6.07) is 3.51. The molecule has 0 aliphatic carbocycles. The summed E-state index contributed by atoms with van der Waals surface area (Å²) in [5, 5.41) is 18.2. The Morgan fingerprint density at radius 1 is 1.45 bits per heavy atom. The number of aromatic carboxylic acids is 1. The molecular formula is C12H15NO6S. The number of sulfonamides is 1. The molecule has 1 aromatic carbocycles. The molecule has 0 saturated carbocycles. The van der Waals surface area contributed by atoms with Gasteiger partial charge in [-0.1, -0.05) is 0 Å². The van der Waals surface area contributed by atoms with E-state index in [-0.39, 0.29) is 23.1 Å². The lowest BCUT2D eigenvalue weighted by Gasteiger charge is -2.12. The molecule has 0 aromatic heterocycles. The van der Waals surface area contributed by atoms with E-state index in [0.717, 1.165) is 18.6 Å². The first-order chi connectivity index (χ1) is 9.37. The summed E-state index contributed by atoms with van der Waals surface area (Å²) in [5.41, 5.74) is -0.263. The van der Waals surface area contributed by atoms with E-state index in [0.29, 0.717) is 13.0 Å². The maximum Gasteiger partial charge on any atom is 0.339 e. The van der Waals surface area contributed by atoms with Crippen molar-refractivity contribution in [2.24, 2.45) is 0 Å². The first kappa shape index (κ1) is 14.6. The fraction of sp³-hybridized carbons (Fsp3) is 0.417. The molecule has 1 unspecified atom stereocenters. The second kappa shape index (κ2) is 5.68. The minimum Gasteiger partial charge on any atom is -0.507 e. The van der Waals surface area contributed by atoms with E-state index in [1.54, 1.807) is 0 Å². The quantitative estimate of drug-likeness (QED) is 0.700. The largest absolute Gasteiger partial charge is 0.507 e. The zero-order chi connectivity index (χ0) is 14.8. The molecule has 1 fully saturated rings. The number of carboxylic acids is 1. The monoisotopic (exact) mass is 301 g/mol. The van der Waals surface area contributed by atoms with Gasteiger partial charge in [0.05, 0.1) is 11.9 Å². The van der Waals surface area contributed by atoms with Crippen molar-refractivity contribution in [2.75, 3.05) is 17.1 Å². The highest BCUT2D eigenvalue weighted by Crippen LogP contribution is 2.23. The molecule has 7 nitrogen and oxygen atoms in total. The van der Waals surface area contributed by atoms with Gasteiger partial charge < -0.3 is 14.9 Å². The molecule has 1 aliphatic heterocycles. The summed E-state index contributed by atoms with van der Waals surface area (Å²) in [7, 11) is -3.62.